The lowest BCUT2D eigenvalue weighted by atomic mass is 9.73. The Bertz CT molecular complexity index is 1120. The van der Waals surface area contributed by atoms with Crippen molar-refractivity contribution in [2.45, 2.75) is 40.2 Å². The largest absolute Gasteiger partial charge is 0.455 e. The number of aryl methyl sites for hydroxylation is 1. The Balaban J connectivity index is 2.04. The fourth-order valence-corrected chi connectivity index (χ4v) is 4.43. The molecule has 0 N–H and O–H groups in total. The van der Waals surface area contributed by atoms with Crippen LogP contribution in [0.15, 0.2) is 59.1 Å². The summed E-state index contributed by atoms with van der Waals surface area (Å²) in [7, 11) is 0. The fraction of sp³-hybridized carbons (Fsp3) is 0.280. The first kappa shape index (κ1) is 20.6. The Morgan fingerprint density at radius 3 is 2.33 bits per heavy atom. The molecule has 154 valence electrons. The molecule has 4 rings (SSSR count). The number of carbonyl (C=O) groups is 2. The van der Waals surface area contributed by atoms with E-state index < -0.39 is 11.5 Å². The van der Waals surface area contributed by atoms with Crippen molar-refractivity contribution in [3.8, 4) is 16.9 Å². The Kier molecular flexibility index (Phi) is 5.18. The van der Waals surface area contributed by atoms with E-state index in [4.69, 9.17) is 4.74 Å². The summed E-state index contributed by atoms with van der Waals surface area (Å²) in [6.07, 6.45) is -0.194. The number of ketones is 1. The lowest BCUT2D eigenvalue weighted by molar-refractivity contribution is -0.154. The molecule has 1 unspecified atom stereocenters. The van der Waals surface area contributed by atoms with Gasteiger partial charge in [0.25, 0.3) is 0 Å². The molecule has 0 spiro atoms. The molecule has 0 amide bonds. The molecule has 4 nitrogen and oxygen atoms in total. The zero-order valence-corrected chi connectivity index (χ0v) is 19.1. The number of halogens is 1. The summed E-state index contributed by atoms with van der Waals surface area (Å²) in [6.45, 7) is 7.42. The van der Waals surface area contributed by atoms with E-state index in [0.29, 0.717) is 12.0 Å². The van der Waals surface area contributed by atoms with Gasteiger partial charge in [-0.2, -0.15) is 0 Å². The summed E-state index contributed by atoms with van der Waals surface area (Å²) in [6, 6.07) is 18.1. The van der Waals surface area contributed by atoms with Crippen LogP contribution in [0.2, 0.25) is 0 Å². The third-order valence-electron chi connectivity index (χ3n) is 5.63. The van der Waals surface area contributed by atoms with Gasteiger partial charge in [0.15, 0.2) is 5.78 Å². The number of aromatic nitrogens is 1. The number of hydrogen-bond donors (Lipinski definition) is 0. The molecule has 30 heavy (non-hydrogen) atoms. The van der Waals surface area contributed by atoms with Crippen LogP contribution in [0.25, 0.3) is 16.9 Å². The molecular weight excluding hydrogens is 442 g/mol. The van der Waals surface area contributed by atoms with Crippen molar-refractivity contribution in [3.63, 3.8) is 0 Å². The molecule has 1 heterocycles. The fourth-order valence-electron chi connectivity index (χ4n) is 4.17. The Morgan fingerprint density at radius 1 is 1.10 bits per heavy atom. The van der Waals surface area contributed by atoms with Crippen molar-refractivity contribution in [1.82, 2.24) is 4.57 Å². The second-order valence-corrected chi connectivity index (χ2v) is 9.50. The standard InChI is InChI=1S/C25H24BrNO3/c1-15-5-7-17(8-6-15)21-13-20-22(29)14-25(3,4)24(30-16(2)28)23(20)27(21)19-11-9-18(26)10-12-19/h5-13,24H,14H2,1-4H3. The molecule has 0 bridgehead atoms. The summed E-state index contributed by atoms with van der Waals surface area (Å²) in [5, 5.41) is 0. The van der Waals surface area contributed by atoms with Gasteiger partial charge in [-0.3, -0.25) is 9.59 Å². The number of benzene rings is 2. The third kappa shape index (κ3) is 3.63. The van der Waals surface area contributed by atoms with Gasteiger partial charge in [0.05, 0.1) is 11.4 Å². The van der Waals surface area contributed by atoms with Crippen molar-refractivity contribution < 1.29 is 14.3 Å². The normalized spacial score (nSPS) is 17.5. The van der Waals surface area contributed by atoms with Crippen LogP contribution in [-0.4, -0.2) is 16.3 Å². The highest BCUT2D eigenvalue weighted by molar-refractivity contribution is 9.10. The van der Waals surface area contributed by atoms with Crippen LogP contribution in [0.4, 0.5) is 0 Å². The minimum atomic E-state index is -0.523. The Hall–Kier alpha value is -2.66. The summed E-state index contributed by atoms with van der Waals surface area (Å²) < 4.78 is 8.85. The van der Waals surface area contributed by atoms with Crippen molar-refractivity contribution in [2.75, 3.05) is 0 Å². The van der Waals surface area contributed by atoms with Gasteiger partial charge in [0.1, 0.15) is 6.10 Å². The average molecular weight is 466 g/mol. The van der Waals surface area contributed by atoms with E-state index in [9.17, 15) is 9.59 Å². The molecule has 1 aromatic heterocycles. The van der Waals surface area contributed by atoms with E-state index in [1.165, 1.54) is 12.5 Å². The van der Waals surface area contributed by atoms with Gasteiger partial charge in [0, 0.05) is 34.5 Å². The van der Waals surface area contributed by atoms with Crippen molar-refractivity contribution in [3.05, 3.63) is 75.9 Å². The number of Topliss-reactive ketones (excluding diaryl/α,β-unsaturated/α-hetero) is 1. The lowest BCUT2D eigenvalue weighted by Crippen LogP contribution is -2.35. The number of nitrogens with zero attached hydrogens (tertiary/aromatic N) is 1. The first-order chi connectivity index (χ1) is 14.2. The molecule has 0 saturated carbocycles. The van der Waals surface area contributed by atoms with Crippen molar-refractivity contribution >= 4 is 27.7 Å². The molecule has 1 atom stereocenters. The third-order valence-corrected chi connectivity index (χ3v) is 6.16. The van der Waals surface area contributed by atoms with Crippen LogP contribution < -0.4 is 0 Å². The minimum Gasteiger partial charge on any atom is -0.455 e. The van der Waals surface area contributed by atoms with E-state index in [0.717, 1.165) is 27.1 Å². The monoisotopic (exact) mass is 465 g/mol. The van der Waals surface area contributed by atoms with E-state index in [1.54, 1.807) is 0 Å². The number of rotatable bonds is 3. The second kappa shape index (κ2) is 7.55. The predicted molar refractivity (Wildman–Crippen MR) is 121 cm³/mol. The van der Waals surface area contributed by atoms with Gasteiger partial charge in [-0.15, -0.1) is 0 Å². The zero-order chi connectivity index (χ0) is 21.6. The van der Waals surface area contributed by atoms with Gasteiger partial charge in [-0.1, -0.05) is 59.6 Å². The van der Waals surface area contributed by atoms with Crippen molar-refractivity contribution in [2.24, 2.45) is 5.41 Å². The van der Waals surface area contributed by atoms with Gasteiger partial charge < -0.3 is 9.30 Å². The number of esters is 1. The number of ether oxygens (including phenoxy) is 1. The summed E-state index contributed by atoms with van der Waals surface area (Å²) in [5.41, 5.74) is 4.85. The number of carbonyl (C=O) groups excluding carboxylic acids is 2. The van der Waals surface area contributed by atoms with Crippen LogP contribution in [0.3, 0.4) is 0 Å². The Morgan fingerprint density at radius 2 is 1.73 bits per heavy atom. The molecule has 0 aliphatic heterocycles. The van der Waals surface area contributed by atoms with Crippen LogP contribution in [0.5, 0.6) is 0 Å². The molecule has 1 aliphatic carbocycles. The zero-order valence-electron chi connectivity index (χ0n) is 17.5. The molecule has 5 heteroatoms. The maximum Gasteiger partial charge on any atom is 0.303 e. The van der Waals surface area contributed by atoms with Crippen LogP contribution in [-0.2, 0) is 9.53 Å². The van der Waals surface area contributed by atoms with Crippen LogP contribution in [0, 0.1) is 12.3 Å². The first-order valence-electron chi connectivity index (χ1n) is 9.96. The molecule has 2 aromatic carbocycles. The van der Waals surface area contributed by atoms with E-state index >= 15 is 0 Å². The van der Waals surface area contributed by atoms with Crippen LogP contribution in [0.1, 0.15) is 54.9 Å². The quantitative estimate of drug-likeness (QED) is 0.418. The summed E-state index contributed by atoms with van der Waals surface area (Å²) in [5.74, 6) is -0.281. The van der Waals surface area contributed by atoms with E-state index in [1.807, 2.05) is 51.1 Å². The molecular formula is C25H24BrNO3. The van der Waals surface area contributed by atoms with Gasteiger partial charge in [-0.25, -0.2) is 0 Å². The maximum absolute atomic E-state index is 13.1. The highest BCUT2D eigenvalue weighted by atomic mass is 79.9. The molecule has 1 aliphatic rings. The van der Waals surface area contributed by atoms with E-state index in [-0.39, 0.29) is 11.8 Å². The molecule has 0 saturated heterocycles. The first-order valence-corrected chi connectivity index (χ1v) is 10.8. The minimum absolute atomic E-state index is 0.0719. The topological polar surface area (TPSA) is 48.3 Å². The highest BCUT2D eigenvalue weighted by Gasteiger charge is 2.45. The number of fused-ring (bicyclic) bond motifs is 1. The predicted octanol–water partition coefficient (Wildman–Crippen LogP) is 6.43. The smallest absolute Gasteiger partial charge is 0.303 e. The highest BCUT2D eigenvalue weighted by Crippen LogP contribution is 2.49. The van der Waals surface area contributed by atoms with Crippen molar-refractivity contribution in [1.29, 1.82) is 0 Å². The van der Waals surface area contributed by atoms with Gasteiger partial charge in [0.2, 0.25) is 0 Å². The molecule has 0 fully saturated rings. The van der Waals surface area contributed by atoms with Crippen LogP contribution >= 0.6 is 15.9 Å². The number of hydrogen-bond acceptors (Lipinski definition) is 3. The average Bonchev–Trinajstić information content (AvgIpc) is 3.06. The maximum atomic E-state index is 13.1. The van der Waals surface area contributed by atoms with Gasteiger partial charge >= 0.3 is 5.97 Å². The molecule has 3 aromatic rings. The second-order valence-electron chi connectivity index (χ2n) is 8.58. The molecule has 0 radical (unpaired) electrons. The SMILES string of the molecule is CC(=O)OC1c2c(cc(-c3ccc(C)cc3)n2-c2ccc(Br)cc2)C(=O)CC1(C)C. The summed E-state index contributed by atoms with van der Waals surface area (Å²) in [4.78, 5) is 25.1. The summed E-state index contributed by atoms with van der Waals surface area (Å²) >= 11 is 3.49. The lowest BCUT2D eigenvalue weighted by Gasteiger charge is -2.38. The van der Waals surface area contributed by atoms with Gasteiger partial charge in [-0.05, 0) is 42.8 Å². The Labute approximate surface area is 185 Å². The van der Waals surface area contributed by atoms with E-state index in [2.05, 4.69) is 44.8 Å².